The predicted molar refractivity (Wildman–Crippen MR) is 116 cm³/mol. The first-order chi connectivity index (χ1) is 15.3. The van der Waals surface area contributed by atoms with Gasteiger partial charge in [0.05, 0.1) is 48.0 Å². The Morgan fingerprint density at radius 2 is 1.91 bits per heavy atom. The minimum atomic E-state index is -1.37. The summed E-state index contributed by atoms with van der Waals surface area (Å²) in [5.74, 6) is -2.63. The highest BCUT2D eigenvalue weighted by Crippen LogP contribution is 2.70. The van der Waals surface area contributed by atoms with Gasteiger partial charge in [0.15, 0.2) is 5.79 Å². The van der Waals surface area contributed by atoms with Gasteiger partial charge in [-0.3, -0.25) is 9.59 Å². The van der Waals surface area contributed by atoms with E-state index in [9.17, 15) is 24.9 Å². The van der Waals surface area contributed by atoms with Crippen molar-refractivity contribution >= 4 is 11.8 Å². The van der Waals surface area contributed by atoms with Crippen LogP contribution in [0.4, 0.5) is 0 Å². The molecule has 5 fully saturated rings. The van der Waals surface area contributed by atoms with Crippen LogP contribution in [0.1, 0.15) is 72.6 Å². The van der Waals surface area contributed by atoms with Crippen molar-refractivity contribution < 1.29 is 39.1 Å². The van der Waals surface area contributed by atoms with Crippen molar-refractivity contribution in [3.63, 3.8) is 0 Å². The second-order valence-corrected chi connectivity index (χ2v) is 11.9. The number of hydrogen-bond acceptors (Lipinski definition) is 8. The van der Waals surface area contributed by atoms with Crippen molar-refractivity contribution in [1.82, 2.24) is 0 Å². The van der Waals surface area contributed by atoms with E-state index in [0.717, 1.165) is 0 Å². The van der Waals surface area contributed by atoms with Crippen molar-refractivity contribution in [2.75, 3.05) is 13.2 Å². The number of ether oxygens (including phenoxy) is 3. The van der Waals surface area contributed by atoms with Gasteiger partial charge in [0, 0.05) is 24.2 Å². The minimum absolute atomic E-state index is 0.00767. The molecule has 5 aliphatic rings. The first-order valence-electron chi connectivity index (χ1n) is 12.5. The number of aliphatic hydroxyl groups excluding tert-OH is 1. The molecule has 3 N–H and O–H groups in total. The molecule has 0 bridgehead atoms. The van der Waals surface area contributed by atoms with E-state index in [-0.39, 0.29) is 50.1 Å². The summed E-state index contributed by atoms with van der Waals surface area (Å²) < 4.78 is 17.7. The number of aliphatic hydroxyl groups is 3. The van der Waals surface area contributed by atoms with Crippen molar-refractivity contribution in [1.29, 1.82) is 0 Å². The topological polar surface area (TPSA) is 123 Å². The highest BCUT2D eigenvalue weighted by Gasteiger charge is 2.77. The van der Waals surface area contributed by atoms with E-state index in [1.807, 2.05) is 6.92 Å². The van der Waals surface area contributed by atoms with Crippen LogP contribution in [0.5, 0.6) is 0 Å². The molecule has 1 heterocycles. The second-order valence-electron chi connectivity index (χ2n) is 11.9. The van der Waals surface area contributed by atoms with E-state index in [1.165, 1.54) is 0 Å². The third kappa shape index (κ3) is 2.94. The maximum atomic E-state index is 12.8. The Labute approximate surface area is 195 Å². The van der Waals surface area contributed by atoms with Gasteiger partial charge in [0.2, 0.25) is 0 Å². The van der Waals surface area contributed by atoms with E-state index in [0.29, 0.717) is 25.7 Å². The van der Waals surface area contributed by atoms with Crippen molar-refractivity contribution in [2.24, 2.45) is 28.6 Å². The van der Waals surface area contributed by atoms with Crippen LogP contribution in [-0.2, 0) is 23.8 Å². The normalized spacial score (nSPS) is 52.8. The van der Waals surface area contributed by atoms with Gasteiger partial charge in [0.1, 0.15) is 5.78 Å². The summed E-state index contributed by atoms with van der Waals surface area (Å²) in [7, 11) is 0. The summed E-state index contributed by atoms with van der Waals surface area (Å²) in [6.45, 7) is 7.68. The van der Waals surface area contributed by atoms with E-state index in [1.54, 1.807) is 20.8 Å². The SMILES string of the molecule is CCOC(=O)[C@H]1CC[C@@]2(O)[C@@H]3CC[C@]4(O)CC(=O)C[C@H]5OC(C)(C)OC[C@]54[C@H]3[C@H](O)C[C@]12C. The van der Waals surface area contributed by atoms with Gasteiger partial charge in [-0.25, -0.2) is 0 Å². The number of hydrogen-bond donors (Lipinski definition) is 3. The molecule has 0 aromatic carbocycles. The number of fused-ring (bicyclic) bond motifs is 3. The van der Waals surface area contributed by atoms with Gasteiger partial charge in [-0.15, -0.1) is 0 Å². The first-order valence-corrected chi connectivity index (χ1v) is 12.5. The third-order valence-corrected chi connectivity index (χ3v) is 10.1. The fraction of sp³-hybridized carbons (Fsp3) is 0.920. The fourth-order valence-electron chi connectivity index (χ4n) is 8.70. The minimum Gasteiger partial charge on any atom is -0.466 e. The summed E-state index contributed by atoms with van der Waals surface area (Å²) in [5, 5.41) is 35.8. The highest BCUT2D eigenvalue weighted by molar-refractivity contribution is 5.82. The molecular weight excluding hydrogens is 428 g/mol. The molecule has 4 saturated carbocycles. The van der Waals surface area contributed by atoms with Crippen LogP contribution in [-0.4, -0.2) is 69.5 Å². The molecule has 33 heavy (non-hydrogen) atoms. The molecule has 4 aliphatic carbocycles. The second kappa shape index (κ2) is 7.23. The van der Waals surface area contributed by atoms with Crippen molar-refractivity contribution in [3.05, 3.63) is 0 Å². The van der Waals surface area contributed by atoms with Gasteiger partial charge in [-0.05, 0) is 58.8 Å². The number of carbonyl (C=O) groups is 2. The molecule has 8 heteroatoms. The van der Waals surface area contributed by atoms with Crippen LogP contribution in [0.15, 0.2) is 0 Å². The van der Waals surface area contributed by atoms with Gasteiger partial charge in [-0.2, -0.15) is 0 Å². The molecule has 9 atom stereocenters. The van der Waals surface area contributed by atoms with Crippen LogP contribution in [0, 0.1) is 28.6 Å². The fourth-order valence-corrected chi connectivity index (χ4v) is 8.70. The molecule has 0 radical (unpaired) electrons. The maximum absolute atomic E-state index is 12.8. The quantitative estimate of drug-likeness (QED) is 0.526. The standard InChI is InChI=1S/C25H38O8/c1-5-31-20(28)16-7-9-25(30)15-6-8-23(29)11-14(26)10-18-24(23,13-32-21(2,3)33-18)19(15)17(27)12-22(16,25)4/h15-19,27,29-30H,5-13H2,1-4H3/t15-,16-,17-,18-,19-,22-,23+,24-,25-/m1/s1. The maximum Gasteiger partial charge on any atom is 0.309 e. The average Bonchev–Trinajstić information content (AvgIpc) is 2.97. The lowest BCUT2D eigenvalue weighted by Gasteiger charge is -2.70. The molecule has 186 valence electrons. The van der Waals surface area contributed by atoms with Gasteiger partial charge in [0.25, 0.3) is 0 Å². The highest BCUT2D eigenvalue weighted by atomic mass is 16.7. The van der Waals surface area contributed by atoms with Crippen LogP contribution in [0.3, 0.4) is 0 Å². The smallest absolute Gasteiger partial charge is 0.309 e. The number of rotatable bonds is 2. The summed E-state index contributed by atoms with van der Waals surface area (Å²) in [4.78, 5) is 25.5. The summed E-state index contributed by atoms with van der Waals surface area (Å²) in [6, 6.07) is 0. The van der Waals surface area contributed by atoms with Gasteiger partial charge in [-0.1, -0.05) is 6.92 Å². The van der Waals surface area contributed by atoms with Crippen LogP contribution in [0.2, 0.25) is 0 Å². The van der Waals surface area contributed by atoms with Crippen molar-refractivity contribution in [2.45, 2.75) is 102 Å². The summed E-state index contributed by atoms with van der Waals surface area (Å²) >= 11 is 0. The van der Waals surface area contributed by atoms with Crippen LogP contribution < -0.4 is 0 Å². The molecule has 0 aromatic heterocycles. The van der Waals surface area contributed by atoms with E-state index >= 15 is 0 Å². The zero-order chi connectivity index (χ0) is 24.0. The lowest BCUT2D eigenvalue weighted by atomic mass is 9.40. The van der Waals surface area contributed by atoms with Crippen LogP contribution >= 0.6 is 0 Å². The van der Waals surface area contributed by atoms with E-state index in [4.69, 9.17) is 14.2 Å². The molecule has 0 unspecified atom stereocenters. The Kier molecular flexibility index (Phi) is 5.19. The Bertz CT molecular complexity index is 857. The molecule has 5 rings (SSSR count). The molecule has 1 spiro atoms. The van der Waals surface area contributed by atoms with E-state index in [2.05, 4.69) is 0 Å². The number of ketones is 1. The van der Waals surface area contributed by atoms with E-state index < -0.39 is 51.9 Å². The predicted octanol–water partition coefficient (Wildman–Crippen LogP) is 1.72. The molecule has 1 saturated heterocycles. The van der Waals surface area contributed by atoms with Crippen LogP contribution in [0.25, 0.3) is 0 Å². The number of carbonyl (C=O) groups excluding carboxylic acids is 2. The number of Topliss-reactive ketones (excluding diaryl/α,β-unsaturated/α-hetero) is 1. The largest absolute Gasteiger partial charge is 0.466 e. The lowest BCUT2D eigenvalue weighted by molar-refractivity contribution is -0.390. The zero-order valence-corrected chi connectivity index (χ0v) is 20.1. The number of esters is 1. The Balaban J connectivity index is 1.59. The Hall–Kier alpha value is -1.06. The molecule has 0 aromatic rings. The molecular formula is C25H38O8. The third-order valence-electron chi connectivity index (χ3n) is 10.1. The van der Waals surface area contributed by atoms with Crippen molar-refractivity contribution in [3.8, 4) is 0 Å². The molecule has 0 amide bonds. The lowest BCUT2D eigenvalue weighted by Crippen LogP contribution is -2.77. The Morgan fingerprint density at radius 3 is 2.61 bits per heavy atom. The molecule has 8 nitrogen and oxygen atoms in total. The monoisotopic (exact) mass is 466 g/mol. The summed E-state index contributed by atoms with van der Waals surface area (Å²) in [5.41, 5.74) is -4.39. The Morgan fingerprint density at radius 1 is 1.18 bits per heavy atom. The molecule has 1 aliphatic heterocycles. The zero-order valence-electron chi connectivity index (χ0n) is 20.1. The van der Waals surface area contributed by atoms with Gasteiger partial charge >= 0.3 is 5.97 Å². The first kappa shape index (κ1) is 23.7. The average molecular weight is 467 g/mol. The van der Waals surface area contributed by atoms with Gasteiger partial charge < -0.3 is 29.5 Å². The summed E-state index contributed by atoms with van der Waals surface area (Å²) in [6.07, 6.45) is 0.615.